The summed E-state index contributed by atoms with van der Waals surface area (Å²) in [5.74, 6) is -0.754. The molecular formula is C23H26N2O9. The van der Waals surface area contributed by atoms with Crippen molar-refractivity contribution in [1.82, 2.24) is 9.13 Å². The molecule has 2 unspecified atom stereocenters. The first-order chi connectivity index (χ1) is 16.2. The first-order valence-corrected chi connectivity index (χ1v) is 10.9. The molecule has 0 aliphatic carbocycles. The molecule has 0 N–H and O–H groups in total. The van der Waals surface area contributed by atoms with Crippen molar-refractivity contribution in [2.45, 2.75) is 62.9 Å². The van der Waals surface area contributed by atoms with Crippen LogP contribution in [-0.2, 0) is 35.0 Å². The van der Waals surface area contributed by atoms with Crippen LogP contribution in [0, 0.1) is 0 Å². The summed E-state index contributed by atoms with van der Waals surface area (Å²) >= 11 is 0. The number of rotatable bonds is 6. The third kappa shape index (κ3) is 3.94. The lowest BCUT2D eigenvalue weighted by atomic mass is 10.1. The number of aromatic nitrogens is 2. The molecule has 0 radical (unpaired) electrons. The molecule has 11 heteroatoms. The quantitative estimate of drug-likeness (QED) is 0.433. The first kappa shape index (κ1) is 22.8. The zero-order chi connectivity index (χ0) is 24.2. The summed E-state index contributed by atoms with van der Waals surface area (Å²) in [5, 5.41) is 0. The van der Waals surface area contributed by atoms with E-state index >= 15 is 0 Å². The number of fused-ring (bicyclic) bond motifs is 1. The molecule has 11 nitrogen and oxygen atoms in total. The van der Waals surface area contributed by atoms with Crippen LogP contribution in [0.1, 0.15) is 25.6 Å². The highest BCUT2D eigenvalue weighted by Gasteiger charge is 2.64. The Morgan fingerprint density at radius 3 is 2.35 bits per heavy atom. The van der Waals surface area contributed by atoms with E-state index in [1.807, 2.05) is 0 Å². The van der Waals surface area contributed by atoms with E-state index in [0.29, 0.717) is 5.75 Å². The molecule has 3 aliphatic heterocycles. The maximum absolute atomic E-state index is 13.4. The van der Waals surface area contributed by atoms with Gasteiger partial charge in [0.05, 0.1) is 20.8 Å². The van der Waals surface area contributed by atoms with E-state index in [9.17, 15) is 14.4 Å². The number of esters is 1. The van der Waals surface area contributed by atoms with Crippen molar-refractivity contribution in [2.75, 3.05) is 14.2 Å². The van der Waals surface area contributed by atoms with Gasteiger partial charge in [-0.05, 0) is 31.5 Å². The maximum atomic E-state index is 13.4. The highest BCUT2D eigenvalue weighted by Crippen LogP contribution is 2.47. The Hall–Kier alpha value is -2.99. The molecule has 6 atom stereocenters. The van der Waals surface area contributed by atoms with Crippen LogP contribution in [0.4, 0.5) is 0 Å². The van der Waals surface area contributed by atoms with E-state index in [1.165, 1.54) is 23.9 Å². The van der Waals surface area contributed by atoms with Crippen LogP contribution in [0.5, 0.6) is 5.75 Å². The number of hydrogen-bond donors (Lipinski definition) is 0. The molecule has 4 heterocycles. The third-order valence-electron chi connectivity index (χ3n) is 6.22. The molecule has 0 bridgehead atoms. The van der Waals surface area contributed by atoms with Gasteiger partial charge in [-0.2, -0.15) is 0 Å². The van der Waals surface area contributed by atoms with Crippen LogP contribution in [-0.4, -0.2) is 65.6 Å². The second-order valence-electron chi connectivity index (χ2n) is 8.88. The highest BCUT2D eigenvalue weighted by molar-refractivity contribution is 5.78. The lowest BCUT2D eigenvalue weighted by Crippen LogP contribution is -2.43. The Balaban J connectivity index is 1.45. The Kier molecular flexibility index (Phi) is 5.59. The predicted molar refractivity (Wildman–Crippen MR) is 115 cm³/mol. The Labute approximate surface area is 194 Å². The lowest BCUT2D eigenvalue weighted by Gasteiger charge is -2.25. The van der Waals surface area contributed by atoms with Gasteiger partial charge >= 0.3 is 11.7 Å². The van der Waals surface area contributed by atoms with Crippen LogP contribution >= 0.6 is 0 Å². The third-order valence-corrected chi connectivity index (χ3v) is 6.22. The Bertz CT molecular complexity index is 1200. The number of ether oxygens (including phenoxy) is 6. The number of carbonyl (C=O) groups excluding carboxylic acids is 1. The van der Waals surface area contributed by atoms with Gasteiger partial charge in [0, 0.05) is 12.3 Å². The van der Waals surface area contributed by atoms with Gasteiger partial charge in [0.2, 0.25) is 0 Å². The zero-order valence-electron chi connectivity index (χ0n) is 19.2. The van der Waals surface area contributed by atoms with Crippen LogP contribution in [0.2, 0.25) is 0 Å². The fraction of sp³-hybridized carbons (Fsp3) is 0.522. The molecule has 0 amide bonds. The standard InChI is InChI=1S/C23H26N2O9/c1-23(2)33-17-15(16-19(31-16)21(27)30-4)32-20(18(17)34-23)24-10-9-14(26)25(22(24)28)11-12-5-7-13(29-3)8-6-12/h5-10,15-20H,11H2,1-4H3/t15-,16-,17+,18?,19?,20-/m1/s1. The van der Waals surface area contributed by atoms with Gasteiger partial charge in [-0.3, -0.25) is 13.9 Å². The Morgan fingerprint density at radius 2 is 1.68 bits per heavy atom. The molecule has 3 fully saturated rings. The van der Waals surface area contributed by atoms with Crippen molar-refractivity contribution < 1.29 is 33.2 Å². The molecule has 0 spiro atoms. The summed E-state index contributed by atoms with van der Waals surface area (Å²) in [6.07, 6.45) is -2.71. The summed E-state index contributed by atoms with van der Waals surface area (Å²) in [6.45, 7) is 3.60. The molecule has 0 saturated carbocycles. The summed E-state index contributed by atoms with van der Waals surface area (Å²) < 4.78 is 36.1. The lowest BCUT2D eigenvalue weighted by molar-refractivity contribution is -0.199. The second kappa shape index (κ2) is 8.35. The second-order valence-corrected chi connectivity index (χ2v) is 8.88. The SMILES string of the molecule is COC(=O)C1O[C@@H]1[C@H]1O[C@@H](n2ccc(=O)n(Cc3ccc(OC)cc3)c2=O)C2OC(C)(C)O[C@H]21. The summed E-state index contributed by atoms with van der Waals surface area (Å²) in [6, 6.07) is 8.40. The van der Waals surface area contributed by atoms with Gasteiger partial charge in [0.1, 0.15) is 30.2 Å². The van der Waals surface area contributed by atoms with Crippen LogP contribution in [0.25, 0.3) is 0 Å². The first-order valence-electron chi connectivity index (χ1n) is 10.9. The van der Waals surface area contributed by atoms with E-state index in [0.717, 1.165) is 10.1 Å². The summed E-state index contributed by atoms with van der Waals surface area (Å²) in [7, 11) is 2.85. The maximum Gasteiger partial charge on any atom is 0.337 e. The van der Waals surface area contributed by atoms with Crippen molar-refractivity contribution in [3.05, 3.63) is 62.9 Å². The molecule has 1 aromatic carbocycles. The average molecular weight is 474 g/mol. The largest absolute Gasteiger partial charge is 0.497 e. The molecule has 34 heavy (non-hydrogen) atoms. The van der Waals surface area contributed by atoms with E-state index in [4.69, 9.17) is 28.4 Å². The topological polar surface area (TPSA) is 120 Å². The van der Waals surface area contributed by atoms with Crippen molar-refractivity contribution in [3.63, 3.8) is 0 Å². The molecular weight excluding hydrogens is 448 g/mol. The van der Waals surface area contributed by atoms with Gasteiger partial charge in [-0.15, -0.1) is 0 Å². The van der Waals surface area contributed by atoms with E-state index < -0.39 is 59.8 Å². The van der Waals surface area contributed by atoms with Crippen molar-refractivity contribution in [3.8, 4) is 5.75 Å². The molecule has 3 aliphatic rings. The summed E-state index contributed by atoms with van der Waals surface area (Å²) in [5.41, 5.74) is -0.236. The minimum atomic E-state index is -0.924. The molecule has 1 aromatic heterocycles. The monoisotopic (exact) mass is 474 g/mol. The van der Waals surface area contributed by atoms with Crippen molar-refractivity contribution >= 4 is 5.97 Å². The fourth-order valence-corrected chi connectivity index (χ4v) is 4.56. The van der Waals surface area contributed by atoms with Crippen molar-refractivity contribution in [2.24, 2.45) is 0 Å². The minimum absolute atomic E-state index is 0.0751. The zero-order valence-corrected chi connectivity index (χ0v) is 19.2. The van der Waals surface area contributed by atoms with Crippen LogP contribution < -0.4 is 16.0 Å². The molecule has 2 aromatic rings. The highest BCUT2D eigenvalue weighted by atomic mass is 16.8. The average Bonchev–Trinajstić information content (AvgIpc) is 3.45. The number of benzene rings is 1. The van der Waals surface area contributed by atoms with Gasteiger partial charge in [0.15, 0.2) is 18.1 Å². The molecule has 3 saturated heterocycles. The minimum Gasteiger partial charge on any atom is -0.497 e. The van der Waals surface area contributed by atoms with E-state index in [2.05, 4.69) is 0 Å². The van der Waals surface area contributed by atoms with Gasteiger partial charge < -0.3 is 28.4 Å². The number of nitrogens with zero attached hydrogens (tertiary/aromatic N) is 2. The Morgan fingerprint density at radius 1 is 0.971 bits per heavy atom. The number of hydrogen-bond acceptors (Lipinski definition) is 9. The normalized spacial score (nSPS) is 31.2. The molecule has 182 valence electrons. The number of epoxide rings is 1. The van der Waals surface area contributed by atoms with Gasteiger partial charge in [0.25, 0.3) is 5.56 Å². The smallest absolute Gasteiger partial charge is 0.337 e. The molecule has 5 rings (SSSR count). The van der Waals surface area contributed by atoms with Crippen molar-refractivity contribution in [1.29, 1.82) is 0 Å². The van der Waals surface area contributed by atoms with Gasteiger partial charge in [-0.1, -0.05) is 12.1 Å². The van der Waals surface area contributed by atoms with Crippen LogP contribution in [0.15, 0.2) is 46.1 Å². The van der Waals surface area contributed by atoms with E-state index in [1.54, 1.807) is 45.2 Å². The summed E-state index contributed by atoms with van der Waals surface area (Å²) in [4.78, 5) is 37.8. The number of carbonyl (C=O) groups is 1. The number of methoxy groups -OCH3 is 2. The fourth-order valence-electron chi connectivity index (χ4n) is 4.56. The van der Waals surface area contributed by atoms with E-state index in [-0.39, 0.29) is 6.54 Å². The van der Waals surface area contributed by atoms with Crippen LogP contribution in [0.3, 0.4) is 0 Å². The predicted octanol–water partition coefficient (Wildman–Crippen LogP) is 0.425. The van der Waals surface area contributed by atoms with Gasteiger partial charge in [-0.25, -0.2) is 9.59 Å².